The average molecular weight is 235 g/mol. The van der Waals surface area contributed by atoms with E-state index < -0.39 is 0 Å². The van der Waals surface area contributed by atoms with Crippen LogP contribution < -0.4 is 5.32 Å². The van der Waals surface area contributed by atoms with Gasteiger partial charge in [0.25, 0.3) is 0 Å². The largest absolute Gasteiger partial charge is 0.359 e. The summed E-state index contributed by atoms with van der Waals surface area (Å²) in [6.45, 7) is 9.54. The Morgan fingerprint density at radius 2 is 1.82 bits per heavy atom. The predicted molar refractivity (Wildman–Crippen MR) is 72.2 cm³/mol. The van der Waals surface area contributed by atoms with E-state index in [1.807, 2.05) is 13.2 Å². The third kappa shape index (κ3) is 2.64. The molecule has 1 aliphatic carbocycles. The van der Waals surface area contributed by atoms with Crippen molar-refractivity contribution in [2.75, 3.05) is 12.4 Å². The summed E-state index contributed by atoms with van der Waals surface area (Å²) in [5.41, 5.74) is 0.837. The Morgan fingerprint density at radius 1 is 1.24 bits per heavy atom. The van der Waals surface area contributed by atoms with Crippen LogP contribution in [0.1, 0.15) is 53.0 Å². The number of hydrogen-bond acceptors (Lipinski definition) is 2. The van der Waals surface area contributed by atoms with Crippen molar-refractivity contribution >= 4 is 5.95 Å². The molecule has 17 heavy (non-hydrogen) atoms. The number of hydrogen-bond donors (Lipinski definition) is 1. The highest BCUT2D eigenvalue weighted by atomic mass is 15.2. The van der Waals surface area contributed by atoms with E-state index in [1.165, 1.54) is 19.3 Å². The maximum Gasteiger partial charge on any atom is 0.202 e. The lowest BCUT2D eigenvalue weighted by molar-refractivity contribution is 0.0731. The molecule has 1 aliphatic rings. The molecule has 0 unspecified atom stereocenters. The lowest BCUT2D eigenvalue weighted by Crippen LogP contribution is -2.35. The summed E-state index contributed by atoms with van der Waals surface area (Å²) < 4.78 is 2.31. The van der Waals surface area contributed by atoms with E-state index in [2.05, 4.69) is 48.8 Å². The fraction of sp³-hybridized carbons (Fsp3) is 0.786. The van der Waals surface area contributed by atoms with E-state index in [9.17, 15) is 0 Å². The van der Waals surface area contributed by atoms with Gasteiger partial charge in [-0.05, 0) is 30.1 Å². The Morgan fingerprint density at radius 3 is 2.35 bits per heavy atom. The first kappa shape index (κ1) is 12.5. The quantitative estimate of drug-likeness (QED) is 0.847. The van der Waals surface area contributed by atoms with Gasteiger partial charge in [0.1, 0.15) is 0 Å². The lowest BCUT2D eigenvalue weighted by Gasteiger charge is -2.45. The fourth-order valence-corrected chi connectivity index (χ4v) is 3.79. The highest BCUT2D eigenvalue weighted by Crippen LogP contribution is 2.50. The second-order valence-corrected chi connectivity index (χ2v) is 6.98. The summed E-state index contributed by atoms with van der Waals surface area (Å²) in [6, 6.07) is 0.568. The summed E-state index contributed by atoms with van der Waals surface area (Å²) in [5.74, 6) is 0.989. The van der Waals surface area contributed by atoms with Crippen LogP contribution in [0.4, 0.5) is 5.95 Å². The number of aromatic nitrogens is 2. The van der Waals surface area contributed by atoms with Crippen LogP contribution in [0, 0.1) is 10.8 Å². The van der Waals surface area contributed by atoms with Crippen LogP contribution in [0.25, 0.3) is 0 Å². The molecular weight excluding hydrogens is 210 g/mol. The Hall–Kier alpha value is -0.990. The zero-order chi connectivity index (χ0) is 12.7. The van der Waals surface area contributed by atoms with Crippen LogP contribution in [0.2, 0.25) is 0 Å². The van der Waals surface area contributed by atoms with Gasteiger partial charge in [0.05, 0.1) is 0 Å². The molecule has 96 valence electrons. The summed E-state index contributed by atoms with van der Waals surface area (Å²) >= 11 is 0. The fourth-order valence-electron chi connectivity index (χ4n) is 3.79. The summed E-state index contributed by atoms with van der Waals surface area (Å²) in [6.07, 6.45) is 7.78. The van der Waals surface area contributed by atoms with E-state index >= 15 is 0 Å². The van der Waals surface area contributed by atoms with Crippen molar-refractivity contribution in [1.29, 1.82) is 0 Å². The highest BCUT2D eigenvalue weighted by Gasteiger charge is 2.39. The van der Waals surface area contributed by atoms with Crippen LogP contribution >= 0.6 is 0 Å². The third-order valence-corrected chi connectivity index (χ3v) is 3.82. The molecule has 1 fully saturated rings. The lowest BCUT2D eigenvalue weighted by atomic mass is 9.63. The molecule has 0 aliphatic heterocycles. The van der Waals surface area contributed by atoms with Gasteiger partial charge in [0.2, 0.25) is 5.95 Å². The van der Waals surface area contributed by atoms with Crippen molar-refractivity contribution in [2.24, 2.45) is 10.8 Å². The first-order valence-corrected chi connectivity index (χ1v) is 6.54. The molecule has 0 amide bonds. The van der Waals surface area contributed by atoms with Crippen LogP contribution in [0.15, 0.2) is 12.4 Å². The number of nitrogens with one attached hydrogen (secondary N) is 1. The van der Waals surface area contributed by atoms with Gasteiger partial charge in [0, 0.05) is 25.5 Å². The molecule has 0 atom stereocenters. The van der Waals surface area contributed by atoms with Gasteiger partial charge in [0.15, 0.2) is 0 Å². The molecule has 0 bridgehead atoms. The minimum atomic E-state index is 0.418. The zero-order valence-corrected chi connectivity index (χ0v) is 11.7. The molecular formula is C14H25N3. The summed E-state index contributed by atoms with van der Waals surface area (Å²) in [7, 11) is 1.94. The van der Waals surface area contributed by atoms with E-state index in [0.717, 1.165) is 5.95 Å². The number of rotatable bonds is 2. The van der Waals surface area contributed by atoms with Crippen molar-refractivity contribution < 1.29 is 0 Å². The van der Waals surface area contributed by atoms with Crippen LogP contribution in [0.5, 0.6) is 0 Å². The van der Waals surface area contributed by atoms with E-state index in [1.54, 1.807) is 0 Å². The smallest absolute Gasteiger partial charge is 0.202 e. The monoisotopic (exact) mass is 235 g/mol. The van der Waals surface area contributed by atoms with E-state index in [-0.39, 0.29) is 0 Å². The molecule has 0 spiro atoms. The molecule has 1 N–H and O–H groups in total. The van der Waals surface area contributed by atoms with Crippen LogP contribution in [0.3, 0.4) is 0 Å². The summed E-state index contributed by atoms with van der Waals surface area (Å²) in [4.78, 5) is 4.36. The Balaban J connectivity index is 2.27. The molecule has 1 saturated carbocycles. The first-order chi connectivity index (χ1) is 7.83. The normalized spacial score (nSPS) is 23.6. The van der Waals surface area contributed by atoms with Crippen molar-refractivity contribution in [1.82, 2.24) is 9.55 Å². The van der Waals surface area contributed by atoms with Crippen molar-refractivity contribution in [2.45, 2.75) is 53.0 Å². The molecule has 1 aromatic rings. The molecule has 3 nitrogen and oxygen atoms in total. The van der Waals surface area contributed by atoms with Crippen molar-refractivity contribution in [3.05, 3.63) is 12.4 Å². The van der Waals surface area contributed by atoms with Gasteiger partial charge >= 0.3 is 0 Å². The second-order valence-electron chi connectivity index (χ2n) is 6.98. The van der Waals surface area contributed by atoms with E-state index in [4.69, 9.17) is 0 Å². The Kier molecular flexibility index (Phi) is 2.96. The maximum absolute atomic E-state index is 4.36. The third-order valence-electron chi connectivity index (χ3n) is 3.82. The second kappa shape index (κ2) is 4.04. The highest BCUT2D eigenvalue weighted by molar-refractivity contribution is 5.25. The minimum absolute atomic E-state index is 0.418. The molecule has 0 saturated heterocycles. The van der Waals surface area contributed by atoms with Gasteiger partial charge < -0.3 is 9.88 Å². The molecule has 3 heteroatoms. The molecule has 1 heterocycles. The summed E-state index contributed by atoms with van der Waals surface area (Å²) in [5, 5.41) is 3.18. The standard InChI is InChI=1S/C14H25N3/c1-13(2)8-11(9-14(3,4)10-13)17-7-6-16-12(17)15-5/h6-7,11H,8-10H2,1-5H3,(H,15,16). The van der Waals surface area contributed by atoms with Gasteiger partial charge in [-0.1, -0.05) is 27.7 Å². The van der Waals surface area contributed by atoms with Crippen LogP contribution in [-0.4, -0.2) is 16.6 Å². The van der Waals surface area contributed by atoms with E-state index in [0.29, 0.717) is 16.9 Å². The molecule has 0 radical (unpaired) electrons. The molecule has 2 rings (SSSR count). The zero-order valence-electron chi connectivity index (χ0n) is 11.7. The van der Waals surface area contributed by atoms with Gasteiger partial charge in [-0.3, -0.25) is 0 Å². The topological polar surface area (TPSA) is 29.9 Å². The first-order valence-electron chi connectivity index (χ1n) is 6.54. The van der Waals surface area contributed by atoms with Crippen molar-refractivity contribution in [3.8, 4) is 0 Å². The minimum Gasteiger partial charge on any atom is -0.359 e. The Labute approximate surface area is 105 Å². The Bertz CT molecular complexity index is 374. The van der Waals surface area contributed by atoms with Crippen molar-refractivity contribution in [3.63, 3.8) is 0 Å². The molecule has 1 aromatic heterocycles. The SMILES string of the molecule is CNc1nccn1C1CC(C)(C)CC(C)(C)C1. The van der Waals surface area contributed by atoms with Gasteiger partial charge in [-0.25, -0.2) is 4.98 Å². The maximum atomic E-state index is 4.36. The predicted octanol–water partition coefficient (Wildman–Crippen LogP) is 3.70. The van der Waals surface area contributed by atoms with Gasteiger partial charge in [-0.15, -0.1) is 0 Å². The molecule has 0 aromatic carbocycles. The number of anilines is 1. The average Bonchev–Trinajstić information content (AvgIpc) is 2.59. The van der Waals surface area contributed by atoms with Gasteiger partial charge in [-0.2, -0.15) is 0 Å². The number of nitrogens with zero attached hydrogens (tertiary/aromatic N) is 2. The number of imidazole rings is 1. The van der Waals surface area contributed by atoms with Crippen LogP contribution in [-0.2, 0) is 0 Å².